The number of benzene rings is 1. The number of rotatable bonds is 3. The number of aromatic carboxylic acids is 1. The molecule has 2 aromatic rings. The molecule has 1 aromatic heterocycles. The highest BCUT2D eigenvalue weighted by atomic mass is 35.5. The molecule has 0 saturated heterocycles. The van der Waals surface area contributed by atoms with Gasteiger partial charge in [-0.05, 0) is 36.8 Å². The molecule has 0 bridgehead atoms. The predicted octanol–water partition coefficient (Wildman–Crippen LogP) is 3.62. The molecule has 0 fully saturated rings. The van der Waals surface area contributed by atoms with E-state index in [0.717, 1.165) is 17.7 Å². The number of anilines is 2. The van der Waals surface area contributed by atoms with E-state index in [2.05, 4.69) is 10.3 Å². The third-order valence-corrected chi connectivity index (χ3v) is 2.72. The molecular formula is C13H10ClFN2O2. The fourth-order valence-corrected chi connectivity index (χ4v) is 1.82. The van der Waals surface area contributed by atoms with Gasteiger partial charge in [0.25, 0.3) is 0 Å². The Morgan fingerprint density at radius 1 is 1.42 bits per heavy atom. The Morgan fingerprint density at radius 2 is 2.16 bits per heavy atom. The standard InChI is InChI=1S/C13H10ClFN2O2/c1-7-4-8(14)6-16-12(7)17-11-5-9(15)2-3-10(11)13(18)19/h2-6H,1H3,(H,16,17)(H,18,19). The maximum absolute atomic E-state index is 13.2. The van der Waals surface area contributed by atoms with E-state index in [9.17, 15) is 9.18 Å². The number of aryl methyl sites for hydroxylation is 1. The van der Waals surface area contributed by atoms with E-state index >= 15 is 0 Å². The van der Waals surface area contributed by atoms with Crippen molar-refractivity contribution in [2.75, 3.05) is 5.32 Å². The normalized spacial score (nSPS) is 10.3. The highest BCUT2D eigenvalue weighted by Crippen LogP contribution is 2.24. The van der Waals surface area contributed by atoms with Crippen LogP contribution >= 0.6 is 11.6 Å². The Bertz CT molecular complexity index is 647. The van der Waals surface area contributed by atoms with Gasteiger partial charge in [-0.2, -0.15) is 0 Å². The van der Waals surface area contributed by atoms with E-state index in [1.54, 1.807) is 13.0 Å². The minimum atomic E-state index is -1.14. The first kappa shape index (κ1) is 13.3. The summed E-state index contributed by atoms with van der Waals surface area (Å²) in [7, 11) is 0. The van der Waals surface area contributed by atoms with Gasteiger partial charge in [-0.15, -0.1) is 0 Å². The van der Waals surface area contributed by atoms with E-state index in [1.165, 1.54) is 12.3 Å². The lowest BCUT2D eigenvalue weighted by molar-refractivity contribution is 0.0698. The molecule has 2 rings (SSSR count). The van der Waals surface area contributed by atoms with E-state index in [4.69, 9.17) is 16.7 Å². The van der Waals surface area contributed by atoms with Crippen LogP contribution in [-0.4, -0.2) is 16.1 Å². The lowest BCUT2D eigenvalue weighted by atomic mass is 10.1. The summed E-state index contributed by atoms with van der Waals surface area (Å²) in [5, 5.41) is 12.3. The summed E-state index contributed by atoms with van der Waals surface area (Å²) in [6, 6.07) is 5.08. The average Bonchev–Trinajstić information content (AvgIpc) is 2.32. The Balaban J connectivity index is 2.42. The zero-order valence-corrected chi connectivity index (χ0v) is 10.7. The average molecular weight is 281 g/mol. The van der Waals surface area contributed by atoms with Gasteiger partial charge in [-0.3, -0.25) is 0 Å². The van der Waals surface area contributed by atoms with Gasteiger partial charge >= 0.3 is 5.97 Å². The first-order valence-electron chi connectivity index (χ1n) is 5.39. The molecule has 19 heavy (non-hydrogen) atoms. The quantitative estimate of drug-likeness (QED) is 0.901. The number of carboxylic acids is 1. The van der Waals surface area contributed by atoms with Crippen LogP contribution in [0, 0.1) is 12.7 Å². The summed E-state index contributed by atoms with van der Waals surface area (Å²) >= 11 is 5.78. The number of pyridine rings is 1. The lowest BCUT2D eigenvalue weighted by Gasteiger charge is -2.11. The van der Waals surface area contributed by atoms with Crippen LogP contribution in [-0.2, 0) is 0 Å². The number of carbonyl (C=O) groups is 1. The first-order chi connectivity index (χ1) is 8.97. The molecule has 0 aliphatic carbocycles. The van der Waals surface area contributed by atoms with Crippen LogP contribution in [0.25, 0.3) is 0 Å². The first-order valence-corrected chi connectivity index (χ1v) is 5.77. The van der Waals surface area contributed by atoms with Crippen LogP contribution in [0.4, 0.5) is 15.9 Å². The lowest BCUT2D eigenvalue weighted by Crippen LogP contribution is -2.05. The Labute approximate surface area is 113 Å². The molecule has 2 N–H and O–H groups in total. The second-order valence-electron chi connectivity index (χ2n) is 3.94. The SMILES string of the molecule is Cc1cc(Cl)cnc1Nc1cc(F)ccc1C(=O)O. The summed E-state index contributed by atoms with van der Waals surface area (Å²) in [5.41, 5.74) is 0.844. The largest absolute Gasteiger partial charge is 0.478 e. The molecule has 0 spiro atoms. The van der Waals surface area contributed by atoms with Gasteiger partial charge in [0.15, 0.2) is 0 Å². The monoisotopic (exact) mass is 280 g/mol. The maximum atomic E-state index is 13.2. The highest BCUT2D eigenvalue weighted by Gasteiger charge is 2.12. The van der Waals surface area contributed by atoms with Crippen molar-refractivity contribution in [1.82, 2.24) is 4.98 Å². The Morgan fingerprint density at radius 3 is 2.79 bits per heavy atom. The fraction of sp³-hybridized carbons (Fsp3) is 0.0769. The summed E-state index contributed by atoms with van der Waals surface area (Å²) in [5.74, 6) is -1.24. The van der Waals surface area contributed by atoms with Crippen molar-refractivity contribution < 1.29 is 14.3 Å². The molecule has 0 amide bonds. The third kappa shape index (κ3) is 3.00. The van der Waals surface area contributed by atoms with Crippen molar-refractivity contribution in [2.24, 2.45) is 0 Å². The number of nitrogens with zero attached hydrogens (tertiary/aromatic N) is 1. The fourth-order valence-electron chi connectivity index (χ4n) is 1.61. The van der Waals surface area contributed by atoms with Gasteiger partial charge < -0.3 is 10.4 Å². The van der Waals surface area contributed by atoms with E-state index in [0.29, 0.717) is 10.8 Å². The molecule has 0 unspecified atom stereocenters. The number of nitrogens with one attached hydrogen (secondary N) is 1. The van der Waals surface area contributed by atoms with Crippen molar-refractivity contribution >= 4 is 29.1 Å². The Hall–Kier alpha value is -2.14. The number of halogens is 2. The molecular weight excluding hydrogens is 271 g/mol. The van der Waals surface area contributed by atoms with Crippen LogP contribution in [0.1, 0.15) is 15.9 Å². The van der Waals surface area contributed by atoms with Crippen LogP contribution < -0.4 is 5.32 Å². The minimum absolute atomic E-state index is 0.0300. The molecule has 0 saturated carbocycles. The summed E-state index contributed by atoms with van der Waals surface area (Å²) in [6.45, 7) is 1.76. The zero-order chi connectivity index (χ0) is 14.0. The maximum Gasteiger partial charge on any atom is 0.337 e. The van der Waals surface area contributed by atoms with Gasteiger partial charge in [-0.1, -0.05) is 11.6 Å². The van der Waals surface area contributed by atoms with Crippen LogP contribution in [0.5, 0.6) is 0 Å². The van der Waals surface area contributed by atoms with Crippen molar-refractivity contribution in [3.05, 3.63) is 52.4 Å². The third-order valence-electron chi connectivity index (χ3n) is 2.51. The van der Waals surface area contributed by atoms with Crippen molar-refractivity contribution in [2.45, 2.75) is 6.92 Å². The van der Waals surface area contributed by atoms with E-state index in [1.807, 2.05) is 0 Å². The van der Waals surface area contributed by atoms with Crippen molar-refractivity contribution in [3.8, 4) is 0 Å². The summed E-state index contributed by atoms with van der Waals surface area (Å²) in [6.07, 6.45) is 1.43. The van der Waals surface area contributed by atoms with Gasteiger partial charge in [-0.25, -0.2) is 14.2 Å². The van der Waals surface area contributed by atoms with Crippen LogP contribution in [0.3, 0.4) is 0 Å². The second kappa shape index (κ2) is 5.24. The summed E-state index contributed by atoms with van der Waals surface area (Å²) < 4.78 is 13.2. The predicted molar refractivity (Wildman–Crippen MR) is 70.6 cm³/mol. The molecule has 0 atom stereocenters. The molecule has 0 radical (unpaired) electrons. The summed E-state index contributed by atoms with van der Waals surface area (Å²) in [4.78, 5) is 15.1. The van der Waals surface area contributed by atoms with Crippen molar-refractivity contribution in [3.63, 3.8) is 0 Å². The molecule has 0 aliphatic rings. The van der Waals surface area contributed by atoms with Crippen LogP contribution in [0.15, 0.2) is 30.5 Å². The van der Waals surface area contributed by atoms with Crippen LogP contribution in [0.2, 0.25) is 5.02 Å². The van der Waals surface area contributed by atoms with E-state index < -0.39 is 11.8 Å². The highest BCUT2D eigenvalue weighted by molar-refractivity contribution is 6.30. The number of aromatic nitrogens is 1. The van der Waals surface area contributed by atoms with Gasteiger partial charge in [0.05, 0.1) is 16.3 Å². The second-order valence-corrected chi connectivity index (χ2v) is 4.38. The Kier molecular flexibility index (Phi) is 3.66. The molecule has 98 valence electrons. The smallest absolute Gasteiger partial charge is 0.337 e. The van der Waals surface area contributed by atoms with Crippen molar-refractivity contribution in [1.29, 1.82) is 0 Å². The molecule has 6 heteroatoms. The topological polar surface area (TPSA) is 62.2 Å². The van der Waals surface area contributed by atoms with Gasteiger partial charge in [0, 0.05) is 6.20 Å². The number of carboxylic acid groups (broad SMARTS) is 1. The minimum Gasteiger partial charge on any atom is -0.478 e. The van der Waals surface area contributed by atoms with Gasteiger partial charge in [0.2, 0.25) is 0 Å². The number of hydrogen-bond donors (Lipinski definition) is 2. The molecule has 1 aromatic carbocycles. The molecule has 4 nitrogen and oxygen atoms in total. The molecule has 0 aliphatic heterocycles. The number of hydrogen-bond acceptors (Lipinski definition) is 3. The van der Waals surface area contributed by atoms with E-state index in [-0.39, 0.29) is 11.3 Å². The molecule has 1 heterocycles. The van der Waals surface area contributed by atoms with Gasteiger partial charge in [0.1, 0.15) is 11.6 Å². The zero-order valence-electron chi connectivity index (χ0n) is 9.95.